The maximum atomic E-state index is 11.9. The number of amides is 1. The number of nitrogens with zero attached hydrogens (tertiary/aromatic N) is 3. The van der Waals surface area contributed by atoms with Gasteiger partial charge in [0.05, 0.1) is 11.9 Å². The lowest BCUT2D eigenvalue weighted by Crippen LogP contribution is -2.42. The van der Waals surface area contributed by atoms with Crippen molar-refractivity contribution >= 4 is 11.6 Å². The van der Waals surface area contributed by atoms with Gasteiger partial charge in [0.1, 0.15) is 6.10 Å². The molecule has 1 fully saturated rings. The molecule has 23 heavy (non-hydrogen) atoms. The average molecular weight is 322 g/mol. The van der Waals surface area contributed by atoms with Crippen LogP contribution in [-0.2, 0) is 16.6 Å². The van der Waals surface area contributed by atoms with E-state index < -0.39 is 0 Å². The maximum absolute atomic E-state index is 11.9. The van der Waals surface area contributed by atoms with E-state index in [2.05, 4.69) is 15.3 Å². The molecule has 128 valence electrons. The van der Waals surface area contributed by atoms with Gasteiger partial charge >= 0.3 is 0 Å². The lowest BCUT2D eigenvalue weighted by Gasteiger charge is -2.33. The summed E-state index contributed by atoms with van der Waals surface area (Å²) in [5.41, 5.74) is 0.781. The van der Waals surface area contributed by atoms with E-state index in [-0.39, 0.29) is 17.6 Å². The number of hydrogen-bond donors (Lipinski definition) is 1. The molecule has 1 aliphatic rings. The van der Waals surface area contributed by atoms with Crippen molar-refractivity contribution in [2.24, 2.45) is 13.0 Å². The Morgan fingerprint density at radius 2 is 2.17 bits per heavy atom. The summed E-state index contributed by atoms with van der Waals surface area (Å²) >= 11 is 0. The first-order valence-corrected chi connectivity index (χ1v) is 8.14. The van der Waals surface area contributed by atoms with E-state index in [4.69, 9.17) is 4.74 Å². The Morgan fingerprint density at radius 1 is 1.48 bits per heavy atom. The second kappa shape index (κ2) is 8.10. The summed E-state index contributed by atoms with van der Waals surface area (Å²) in [6.45, 7) is 4.36. The van der Waals surface area contributed by atoms with Crippen LogP contribution >= 0.6 is 0 Å². The van der Waals surface area contributed by atoms with Crippen LogP contribution in [0.25, 0.3) is 0 Å². The summed E-state index contributed by atoms with van der Waals surface area (Å²) < 4.78 is 6.46. The number of piperidine rings is 1. The molecule has 7 heteroatoms. The summed E-state index contributed by atoms with van der Waals surface area (Å²) in [5.74, 6) is 0.428. The molecule has 1 aliphatic heterocycles. The molecule has 1 aromatic rings. The predicted octanol–water partition coefficient (Wildman–Crippen LogP) is 0.538. The molecular weight excluding hydrogens is 296 g/mol. The highest BCUT2D eigenvalue weighted by Crippen LogP contribution is 2.21. The number of ether oxygens (including phenoxy) is 1. The van der Waals surface area contributed by atoms with Crippen LogP contribution in [0.4, 0.5) is 5.69 Å². The summed E-state index contributed by atoms with van der Waals surface area (Å²) in [6.07, 6.45) is 4.02. The molecule has 7 nitrogen and oxygen atoms in total. The van der Waals surface area contributed by atoms with Gasteiger partial charge in [0.25, 0.3) is 5.56 Å². The fourth-order valence-corrected chi connectivity index (χ4v) is 2.85. The van der Waals surface area contributed by atoms with Crippen molar-refractivity contribution in [1.29, 1.82) is 0 Å². The number of aryl methyl sites for hydroxylation is 1. The van der Waals surface area contributed by atoms with Crippen LogP contribution in [0.3, 0.4) is 0 Å². The van der Waals surface area contributed by atoms with Crippen LogP contribution in [0.2, 0.25) is 0 Å². The normalized spacial score (nSPS) is 17.1. The van der Waals surface area contributed by atoms with Crippen molar-refractivity contribution in [3.05, 3.63) is 22.6 Å². The molecule has 2 rings (SSSR count). The molecule has 0 saturated carbocycles. The Balaban J connectivity index is 1.81. The summed E-state index contributed by atoms with van der Waals surface area (Å²) in [4.78, 5) is 25.7. The summed E-state index contributed by atoms with van der Waals surface area (Å²) in [5, 5.41) is 7.04. The number of carbonyl (C=O) groups excluding carboxylic acids is 1. The fourth-order valence-electron chi connectivity index (χ4n) is 2.85. The molecule has 2 heterocycles. The highest BCUT2D eigenvalue weighted by Gasteiger charge is 2.22. The second-order valence-corrected chi connectivity index (χ2v) is 5.98. The zero-order chi connectivity index (χ0) is 16.8. The molecule has 0 spiro atoms. The first-order valence-electron chi connectivity index (χ1n) is 8.14. The minimum atomic E-state index is -0.360. The topological polar surface area (TPSA) is 76.5 Å². The number of rotatable bonds is 6. The molecule has 0 unspecified atom stereocenters. The van der Waals surface area contributed by atoms with Gasteiger partial charge in [0.15, 0.2) is 0 Å². The van der Waals surface area contributed by atoms with Crippen molar-refractivity contribution < 1.29 is 9.53 Å². The SMILES string of the molecule is CC[C@@H](OC)C(=O)NCC1CCN(c2cnn(C)c(=O)c2)CC1. The first-order chi connectivity index (χ1) is 11.0. The standard InChI is InChI=1S/C16H26N4O3/c1-4-14(23-3)16(22)17-10-12-5-7-20(8-6-12)13-9-15(21)19(2)18-11-13/h9,11-12,14H,4-8,10H2,1-3H3,(H,17,22)/t14-/m1/s1. The number of methoxy groups -OCH3 is 1. The van der Waals surface area contributed by atoms with E-state index in [0.29, 0.717) is 18.9 Å². The van der Waals surface area contributed by atoms with Gasteiger partial charge in [-0.05, 0) is 25.2 Å². The Morgan fingerprint density at radius 3 is 2.74 bits per heavy atom. The van der Waals surface area contributed by atoms with Crippen molar-refractivity contribution in [2.75, 3.05) is 31.6 Å². The van der Waals surface area contributed by atoms with Crippen molar-refractivity contribution in [3.63, 3.8) is 0 Å². The minimum Gasteiger partial charge on any atom is -0.372 e. The highest BCUT2D eigenvalue weighted by atomic mass is 16.5. The van der Waals surface area contributed by atoms with E-state index in [9.17, 15) is 9.59 Å². The van der Waals surface area contributed by atoms with Gasteiger partial charge in [0, 0.05) is 39.9 Å². The third kappa shape index (κ3) is 4.54. The van der Waals surface area contributed by atoms with Crippen molar-refractivity contribution in [3.8, 4) is 0 Å². The zero-order valence-electron chi connectivity index (χ0n) is 14.1. The highest BCUT2D eigenvalue weighted by molar-refractivity contribution is 5.80. The van der Waals surface area contributed by atoms with E-state index in [1.165, 1.54) is 4.68 Å². The molecule has 1 saturated heterocycles. The largest absolute Gasteiger partial charge is 0.372 e. The third-order valence-corrected chi connectivity index (χ3v) is 4.45. The molecule has 0 bridgehead atoms. The smallest absolute Gasteiger partial charge is 0.268 e. The Bertz CT molecular complexity index is 575. The van der Waals surface area contributed by atoms with Crippen molar-refractivity contribution in [2.45, 2.75) is 32.3 Å². The summed E-state index contributed by atoms with van der Waals surface area (Å²) in [6, 6.07) is 1.62. The van der Waals surface area contributed by atoms with E-state index in [1.807, 2.05) is 6.92 Å². The fraction of sp³-hybridized carbons (Fsp3) is 0.688. The molecule has 0 aromatic carbocycles. The second-order valence-electron chi connectivity index (χ2n) is 5.98. The van der Waals surface area contributed by atoms with Gasteiger partial charge in [-0.2, -0.15) is 5.10 Å². The number of hydrogen-bond acceptors (Lipinski definition) is 5. The van der Waals surface area contributed by atoms with E-state index in [0.717, 1.165) is 31.6 Å². The van der Waals surface area contributed by atoms with Gasteiger partial charge in [-0.1, -0.05) is 6.92 Å². The van der Waals surface area contributed by atoms with Crippen LogP contribution in [0.5, 0.6) is 0 Å². The van der Waals surface area contributed by atoms with Crippen LogP contribution in [0.1, 0.15) is 26.2 Å². The quantitative estimate of drug-likeness (QED) is 0.827. The van der Waals surface area contributed by atoms with E-state index >= 15 is 0 Å². The monoisotopic (exact) mass is 322 g/mol. The van der Waals surface area contributed by atoms with Gasteiger partial charge in [0.2, 0.25) is 5.91 Å². The summed E-state index contributed by atoms with van der Waals surface area (Å²) in [7, 11) is 3.20. The predicted molar refractivity (Wildman–Crippen MR) is 88.5 cm³/mol. The Hall–Kier alpha value is -1.89. The maximum Gasteiger partial charge on any atom is 0.268 e. The van der Waals surface area contributed by atoms with Gasteiger partial charge < -0.3 is 15.0 Å². The molecule has 1 N–H and O–H groups in total. The Kier molecular flexibility index (Phi) is 6.15. The number of carbonyl (C=O) groups is 1. The lowest BCUT2D eigenvalue weighted by molar-refractivity contribution is -0.131. The molecule has 1 amide bonds. The number of aromatic nitrogens is 2. The molecule has 0 aliphatic carbocycles. The van der Waals surface area contributed by atoms with Gasteiger partial charge in [-0.15, -0.1) is 0 Å². The van der Waals surface area contributed by atoms with Crippen LogP contribution in [-0.4, -0.2) is 48.5 Å². The molecule has 1 aromatic heterocycles. The van der Waals surface area contributed by atoms with Crippen LogP contribution < -0.4 is 15.8 Å². The number of anilines is 1. The third-order valence-electron chi connectivity index (χ3n) is 4.45. The molecule has 0 radical (unpaired) electrons. The zero-order valence-corrected chi connectivity index (χ0v) is 14.1. The molecule has 1 atom stereocenters. The number of nitrogens with one attached hydrogen (secondary N) is 1. The average Bonchev–Trinajstić information content (AvgIpc) is 2.57. The Labute approximate surface area is 136 Å². The van der Waals surface area contributed by atoms with Crippen molar-refractivity contribution in [1.82, 2.24) is 15.1 Å². The van der Waals surface area contributed by atoms with E-state index in [1.54, 1.807) is 26.4 Å². The van der Waals surface area contributed by atoms with Gasteiger partial charge in [-0.3, -0.25) is 9.59 Å². The molecular formula is C16H26N4O3. The van der Waals surface area contributed by atoms with Gasteiger partial charge in [-0.25, -0.2) is 4.68 Å². The lowest BCUT2D eigenvalue weighted by atomic mass is 9.96. The van der Waals surface area contributed by atoms with Crippen LogP contribution in [0.15, 0.2) is 17.1 Å². The first kappa shape index (κ1) is 17.5. The minimum absolute atomic E-state index is 0.0341. The van der Waals surface area contributed by atoms with Crippen LogP contribution in [0, 0.1) is 5.92 Å².